The van der Waals surface area contributed by atoms with Crippen molar-refractivity contribution >= 4 is 11.8 Å². The monoisotopic (exact) mass is 389 g/mol. The zero-order valence-corrected chi connectivity index (χ0v) is 16.2. The van der Waals surface area contributed by atoms with Crippen molar-refractivity contribution in [3.05, 3.63) is 72.3 Å². The lowest BCUT2D eigenvalue weighted by molar-refractivity contribution is 0.760. The molecule has 0 spiro atoms. The lowest BCUT2D eigenvalue weighted by atomic mass is 10.3. The van der Waals surface area contributed by atoms with Gasteiger partial charge in [-0.05, 0) is 54.5 Å². The Hall–Kier alpha value is -3.00. The minimum absolute atomic E-state index is 0.00822. The van der Waals surface area contributed by atoms with Gasteiger partial charge in [-0.25, -0.2) is 9.67 Å². The van der Waals surface area contributed by atoms with Gasteiger partial charge in [-0.3, -0.25) is 0 Å². The van der Waals surface area contributed by atoms with Crippen LogP contribution in [-0.4, -0.2) is 35.0 Å². The van der Waals surface area contributed by atoms with Crippen molar-refractivity contribution in [2.75, 3.05) is 0 Å². The molecule has 4 aromatic rings. The molecule has 1 unspecified atom stereocenters. The first kappa shape index (κ1) is 17.1. The average molecular weight is 389 g/mol. The van der Waals surface area contributed by atoms with Gasteiger partial charge in [0.15, 0.2) is 5.82 Å². The van der Waals surface area contributed by atoms with Crippen molar-refractivity contribution in [2.24, 2.45) is 0 Å². The normalized spacial score (nSPS) is 14.9. The lowest BCUT2D eigenvalue weighted by Crippen LogP contribution is -2.05. The lowest BCUT2D eigenvalue weighted by Gasteiger charge is -2.09. The molecular weight excluding hydrogens is 370 g/mol. The first-order chi connectivity index (χ1) is 13.8. The second kappa shape index (κ2) is 7.20. The molecule has 5 rings (SSSR count). The Kier molecular flexibility index (Phi) is 4.40. The van der Waals surface area contributed by atoms with Crippen molar-refractivity contribution in [3.63, 3.8) is 0 Å². The number of aromatic nitrogens is 7. The molecule has 0 amide bonds. The molecule has 8 heteroatoms. The molecule has 2 aromatic heterocycles. The fourth-order valence-corrected chi connectivity index (χ4v) is 3.97. The molecule has 140 valence electrons. The molecule has 0 radical (unpaired) electrons. The highest BCUT2D eigenvalue weighted by Crippen LogP contribution is 2.41. The van der Waals surface area contributed by atoms with Gasteiger partial charge in [0.1, 0.15) is 5.82 Å². The van der Waals surface area contributed by atoms with Crippen LogP contribution < -0.4 is 0 Å². The number of benzene rings is 2. The van der Waals surface area contributed by atoms with E-state index in [1.807, 2.05) is 53.2 Å². The predicted molar refractivity (Wildman–Crippen MR) is 107 cm³/mol. The van der Waals surface area contributed by atoms with Crippen molar-refractivity contribution in [2.45, 2.75) is 36.1 Å². The van der Waals surface area contributed by atoms with E-state index < -0.39 is 0 Å². The smallest absolute Gasteiger partial charge is 0.209 e. The minimum Gasteiger partial charge on any atom is -0.216 e. The van der Waals surface area contributed by atoms with Crippen molar-refractivity contribution in [1.29, 1.82) is 0 Å². The molecule has 1 saturated carbocycles. The second-order valence-corrected chi connectivity index (χ2v) is 8.13. The average Bonchev–Trinajstić information content (AvgIpc) is 3.31. The Morgan fingerprint density at radius 1 is 0.929 bits per heavy atom. The summed E-state index contributed by atoms with van der Waals surface area (Å²) in [6, 6.07) is 20.1. The molecule has 1 aliphatic carbocycles. The van der Waals surface area contributed by atoms with Gasteiger partial charge in [-0.15, -0.1) is 10.2 Å². The van der Waals surface area contributed by atoms with Crippen LogP contribution in [0.25, 0.3) is 11.4 Å². The highest BCUT2D eigenvalue weighted by molar-refractivity contribution is 7.99. The van der Waals surface area contributed by atoms with Crippen molar-refractivity contribution in [3.8, 4) is 11.4 Å². The van der Waals surface area contributed by atoms with Crippen molar-refractivity contribution < 1.29 is 0 Å². The first-order valence-corrected chi connectivity index (χ1v) is 10.2. The Bertz CT molecular complexity index is 1070. The molecule has 2 heterocycles. The molecule has 2 aromatic carbocycles. The summed E-state index contributed by atoms with van der Waals surface area (Å²) in [7, 11) is 0. The standard InChI is InChI=1S/C20H19N7S/c1-14(18-22-24-25-27(18)17-10-6-3-7-11-17)28-20-21-19(15-12-13-15)26(23-20)16-8-4-2-5-9-16/h2-11,14-15H,12-13H2,1H3. The molecule has 0 bridgehead atoms. The maximum absolute atomic E-state index is 4.84. The van der Waals surface area contributed by atoms with Gasteiger partial charge in [0.05, 0.1) is 16.6 Å². The number of para-hydroxylation sites is 2. The van der Waals surface area contributed by atoms with Gasteiger partial charge in [0, 0.05) is 5.92 Å². The molecule has 1 fully saturated rings. The van der Waals surface area contributed by atoms with Crippen LogP contribution in [0.4, 0.5) is 0 Å². The molecule has 1 atom stereocenters. The van der Waals surface area contributed by atoms with Crippen LogP contribution >= 0.6 is 11.8 Å². The van der Waals surface area contributed by atoms with E-state index in [0.29, 0.717) is 5.92 Å². The Labute approximate surface area is 166 Å². The third kappa shape index (κ3) is 3.31. The molecule has 7 nitrogen and oxygen atoms in total. The molecule has 28 heavy (non-hydrogen) atoms. The van der Waals surface area contributed by atoms with Gasteiger partial charge in [-0.1, -0.05) is 48.2 Å². The summed E-state index contributed by atoms with van der Waals surface area (Å²) in [4.78, 5) is 4.84. The van der Waals surface area contributed by atoms with E-state index in [-0.39, 0.29) is 5.25 Å². The third-order valence-corrected chi connectivity index (χ3v) is 5.64. The minimum atomic E-state index is 0.00822. The molecule has 0 aliphatic heterocycles. The summed E-state index contributed by atoms with van der Waals surface area (Å²) in [6.45, 7) is 2.08. The Balaban J connectivity index is 1.44. The Morgan fingerprint density at radius 3 is 2.21 bits per heavy atom. The van der Waals surface area contributed by atoms with Crippen LogP contribution in [0.1, 0.15) is 42.6 Å². The third-order valence-electron chi connectivity index (χ3n) is 4.70. The quantitative estimate of drug-likeness (QED) is 0.465. The maximum atomic E-state index is 4.84. The van der Waals surface area contributed by atoms with Crippen LogP contribution in [0.2, 0.25) is 0 Å². The SMILES string of the molecule is CC(Sc1nc(C2CC2)n(-c2ccccc2)n1)c1nnnn1-c1ccccc1. The number of tetrazole rings is 1. The summed E-state index contributed by atoms with van der Waals surface area (Å²) >= 11 is 1.58. The van der Waals surface area contributed by atoms with Gasteiger partial charge >= 0.3 is 0 Å². The summed E-state index contributed by atoms with van der Waals surface area (Å²) in [5.41, 5.74) is 1.99. The van der Waals surface area contributed by atoms with Crippen LogP contribution in [-0.2, 0) is 0 Å². The van der Waals surface area contributed by atoms with E-state index in [0.717, 1.165) is 28.2 Å². The van der Waals surface area contributed by atoms with Gasteiger partial charge in [0.2, 0.25) is 5.16 Å². The van der Waals surface area contributed by atoms with E-state index in [1.165, 1.54) is 12.8 Å². The summed E-state index contributed by atoms with van der Waals surface area (Å²) in [6.07, 6.45) is 2.36. The number of hydrogen-bond acceptors (Lipinski definition) is 6. The highest BCUT2D eigenvalue weighted by atomic mass is 32.2. The van der Waals surface area contributed by atoms with E-state index in [9.17, 15) is 0 Å². The number of nitrogens with zero attached hydrogens (tertiary/aromatic N) is 7. The Morgan fingerprint density at radius 2 is 1.57 bits per heavy atom. The number of hydrogen-bond donors (Lipinski definition) is 0. The first-order valence-electron chi connectivity index (χ1n) is 9.32. The van der Waals surface area contributed by atoms with E-state index in [4.69, 9.17) is 10.1 Å². The van der Waals surface area contributed by atoms with Crippen molar-refractivity contribution in [1.82, 2.24) is 35.0 Å². The van der Waals surface area contributed by atoms with Crippen LogP contribution in [0.3, 0.4) is 0 Å². The van der Waals surface area contributed by atoms with E-state index >= 15 is 0 Å². The van der Waals surface area contributed by atoms with E-state index in [1.54, 1.807) is 16.4 Å². The van der Waals surface area contributed by atoms with E-state index in [2.05, 4.69) is 34.6 Å². The predicted octanol–water partition coefficient (Wildman–Crippen LogP) is 3.97. The van der Waals surface area contributed by atoms with Gasteiger partial charge in [-0.2, -0.15) is 4.68 Å². The van der Waals surface area contributed by atoms with Gasteiger partial charge < -0.3 is 0 Å². The summed E-state index contributed by atoms with van der Waals surface area (Å²) < 4.78 is 3.75. The maximum Gasteiger partial charge on any atom is 0.209 e. The number of rotatable bonds is 6. The molecular formula is C20H19N7S. The summed E-state index contributed by atoms with van der Waals surface area (Å²) in [5.74, 6) is 2.33. The molecule has 0 N–H and O–H groups in total. The van der Waals surface area contributed by atoms with Gasteiger partial charge in [0.25, 0.3) is 0 Å². The molecule has 0 saturated heterocycles. The topological polar surface area (TPSA) is 74.3 Å². The largest absolute Gasteiger partial charge is 0.216 e. The highest BCUT2D eigenvalue weighted by Gasteiger charge is 2.31. The van der Waals surface area contributed by atoms with Crippen LogP contribution in [0.15, 0.2) is 65.8 Å². The zero-order chi connectivity index (χ0) is 18.9. The fraction of sp³-hybridized carbons (Fsp3) is 0.250. The molecule has 1 aliphatic rings. The number of thioether (sulfide) groups is 1. The fourth-order valence-electron chi connectivity index (χ4n) is 3.13. The van der Waals surface area contributed by atoms with Crippen LogP contribution in [0, 0.1) is 0 Å². The van der Waals surface area contributed by atoms with Crippen LogP contribution in [0.5, 0.6) is 0 Å². The zero-order valence-electron chi connectivity index (χ0n) is 15.4. The second-order valence-electron chi connectivity index (χ2n) is 6.82. The summed E-state index contributed by atoms with van der Waals surface area (Å²) in [5, 5.41) is 17.8.